The van der Waals surface area contributed by atoms with Crippen LogP contribution in [0.4, 0.5) is 4.39 Å². The molecule has 0 saturated carbocycles. The van der Waals surface area contributed by atoms with Gasteiger partial charge in [0.15, 0.2) is 0 Å². The minimum atomic E-state index is -0.280. The van der Waals surface area contributed by atoms with Crippen LogP contribution in [0.2, 0.25) is 5.02 Å². The van der Waals surface area contributed by atoms with Crippen molar-refractivity contribution in [2.45, 2.75) is 26.4 Å². The van der Waals surface area contributed by atoms with Gasteiger partial charge in [0.1, 0.15) is 10.8 Å². The lowest BCUT2D eigenvalue weighted by Crippen LogP contribution is -2.18. The summed E-state index contributed by atoms with van der Waals surface area (Å²) in [4.78, 5) is 5.48. The summed E-state index contributed by atoms with van der Waals surface area (Å²) in [5.74, 6) is -0.280. The summed E-state index contributed by atoms with van der Waals surface area (Å²) in [6.45, 7) is 4.50. The average molecular weight is 285 g/mol. The third kappa shape index (κ3) is 3.28. The average Bonchev–Trinajstić information content (AvgIpc) is 2.74. The van der Waals surface area contributed by atoms with Crippen molar-refractivity contribution in [2.24, 2.45) is 0 Å². The maximum absolute atomic E-state index is 13.6. The van der Waals surface area contributed by atoms with E-state index >= 15 is 0 Å². The number of aromatic nitrogens is 1. The Morgan fingerprint density at radius 3 is 2.89 bits per heavy atom. The lowest BCUT2D eigenvalue weighted by molar-refractivity contribution is 0.542. The quantitative estimate of drug-likeness (QED) is 0.914. The van der Waals surface area contributed by atoms with Gasteiger partial charge in [0.2, 0.25) is 0 Å². The minimum Gasteiger partial charge on any atom is -0.304 e. The number of hydrogen-bond acceptors (Lipinski definition) is 3. The molecular weight excluding hydrogens is 271 g/mol. The van der Waals surface area contributed by atoms with Gasteiger partial charge in [-0.25, -0.2) is 9.37 Å². The van der Waals surface area contributed by atoms with Crippen LogP contribution < -0.4 is 5.32 Å². The molecule has 1 N–H and O–H groups in total. The molecule has 0 amide bonds. The van der Waals surface area contributed by atoms with Crippen molar-refractivity contribution in [1.82, 2.24) is 10.3 Å². The van der Waals surface area contributed by atoms with Gasteiger partial charge in [-0.05, 0) is 26.0 Å². The van der Waals surface area contributed by atoms with Crippen LogP contribution in [0.5, 0.6) is 0 Å². The maximum Gasteiger partial charge on any atom is 0.129 e. The molecule has 1 unspecified atom stereocenters. The van der Waals surface area contributed by atoms with Crippen molar-refractivity contribution in [3.8, 4) is 0 Å². The standard InChI is InChI=1S/C13H14ClFN2S/c1-8-6-17-13(18-8)9(2)16-7-10-3-4-11(14)5-12(10)15/h3-6,9,16H,7H2,1-2H3. The number of hydrogen-bond donors (Lipinski definition) is 1. The molecule has 0 fully saturated rings. The van der Waals surface area contributed by atoms with Crippen LogP contribution in [0.1, 0.15) is 28.4 Å². The number of halogens is 2. The Hall–Kier alpha value is -0.970. The first-order chi connectivity index (χ1) is 8.56. The first-order valence-corrected chi connectivity index (χ1v) is 6.85. The van der Waals surface area contributed by atoms with Gasteiger partial charge in [-0.3, -0.25) is 0 Å². The molecule has 2 nitrogen and oxygen atoms in total. The van der Waals surface area contributed by atoms with E-state index in [9.17, 15) is 4.39 Å². The molecule has 0 aliphatic rings. The van der Waals surface area contributed by atoms with Crippen molar-refractivity contribution in [3.05, 3.63) is 50.7 Å². The van der Waals surface area contributed by atoms with Gasteiger partial charge in [-0.2, -0.15) is 0 Å². The van der Waals surface area contributed by atoms with E-state index in [1.54, 1.807) is 23.5 Å². The van der Waals surface area contributed by atoms with E-state index in [-0.39, 0.29) is 11.9 Å². The van der Waals surface area contributed by atoms with Crippen LogP contribution in [0, 0.1) is 12.7 Å². The molecule has 0 bridgehead atoms. The Morgan fingerprint density at radius 1 is 1.50 bits per heavy atom. The van der Waals surface area contributed by atoms with E-state index in [0.29, 0.717) is 17.1 Å². The van der Waals surface area contributed by atoms with Crippen LogP contribution in [0.15, 0.2) is 24.4 Å². The predicted molar refractivity (Wildman–Crippen MR) is 73.5 cm³/mol. The number of aryl methyl sites for hydroxylation is 1. The molecule has 18 heavy (non-hydrogen) atoms. The Labute approximate surface area is 115 Å². The number of benzene rings is 1. The summed E-state index contributed by atoms with van der Waals surface area (Å²) >= 11 is 7.36. The van der Waals surface area contributed by atoms with Crippen LogP contribution in [0.25, 0.3) is 0 Å². The molecule has 0 spiro atoms. The second kappa shape index (κ2) is 5.78. The molecule has 0 aliphatic heterocycles. The van der Waals surface area contributed by atoms with E-state index in [0.717, 1.165) is 5.01 Å². The molecule has 5 heteroatoms. The first kappa shape index (κ1) is 13.5. The van der Waals surface area contributed by atoms with Gasteiger partial charge in [0.25, 0.3) is 0 Å². The van der Waals surface area contributed by atoms with Crippen molar-refractivity contribution in [2.75, 3.05) is 0 Å². The van der Waals surface area contributed by atoms with Crippen molar-refractivity contribution in [3.63, 3.8) is 0 Å². The zero-order chi connectivity index (χ0) is 13.1. The lowest BCUT2D eigenvalue weighted by atomic mass is 10.2. The highest BCUT2D eigenvalue weighted by atomic mass is 35.5. The molecule has 0 aliphatic carbocycles. The second-order valence-electron chi connectivity index (χ2n) is 4.15. The highest BCUT2D eigenvalue weighted by Crippen LogP contribution is 2.20. The van der Waals surface area contributed by atoms with Crippen molar-refractivity contribution < 1.29 is 4.39 Å². The maximum atomic E-state index is 13.6. The number of thiazole rings is 1. The van der Waals surface area contributed by atoms with Gasteiger partial charge < -0.3 is 5.32 Å². The van der Waals surface area contributed by atoms with E-state index in [1.807, 2.05) is 20.0 Å². The van der Waals surface area contributed by atoms with Crippen LogP contribution in [0.3, 0.4) is 0 Å². The Balaban J connectivity index is 1.99. The molecule has 2 aromatic rings. The minimum absolute atomic E-state index is 0.110. The fraction of sp³-hybridized carbons (Fsp3) is 0.308. The number of rotatable bonds is 4. The SMILES string of the molecule is Cc1cnc(C(C)NCc2ccc(Cl)cc2F)s1. The molecule has 1 aromatic carbocycles. The van der Waals surface area contributed by atoms with Crippen molar-refractivity contribution >= 4 is 22.9 Å². The normalized spacial score (nSPS) is 12.7. The van der Waals surface area contributed by atoms with Gasteiger partial charge in [-0.15, -0.1) is 11.3 Å². The molecule has 2 rings (SSSR count). The lowest BCUT2D eigenvalue weighted by Gasteiger charge is -2.11. The largest absolute Gasteiger partial charge is 0.304 e. The van der Waals surface area contributed by atoms with Crippen molar-refractivity contribution in [1.29, 1.82) is 0 Å². The summed E-state index contributed by atoms with van der Waals surface area (Å²) in [7, 11) is 0. The Bertz CT molecular complexity index is 542. The number of nitrogens with one attached hydrogen (secondary N) is 1. The zero-order valence-electron chi connectivity index (χ0n) is 10.2. The highest BCUT2D eigenvalue weighted by Gasteiger charge is 2.10. The molecule has 96 valence electrons. The summed E-state index contributed by atoms with van der Waals surface area (Å²) < 4.78 is 13.6. The van der Waals surface area contributed by atoms with Gasteiger partial charge in [0.05, 0.1) is 6.04 Å². The van der Waals surface area contributed by atoms with E-state index in [2.05, 4.69) is 10.3 Å². The smallest absolute Gasteiger partial charge is 0.129 e. The second-order valence-corrected chi connectivity index (χ2v) is 5.85. The molecule has 0 saturated heterocycles. The third-order valence-corrected chi connectivity index (χ3v) is 3.95. The van der Waals surface area contributed by atoms with E-state index < -0.39 is 0 Å². The summed E-state index contributed by atoms with van der Waals surface area (Å²) in [5, 5.41) is 4.69. The molecule has 1 aromatic heterocycles. The van der Waals surface area contributed by atoms with E-state index in [1.165, 1.54) is 10.9 Å². The third-order valence-electron chi connectivity index (χ3n) is 2.62. The Morgan fingerprint density at radius 2 is 2.28 bits per heavy atom. The molecule has 0 radical (unpaired) electrons. The van der Waals surface area contributed by atoms with E-state index in [4.69, 9.17) is 11.6 Å². The number of nitrogens with zero attached hydrogens (tertiary/aromatic N) is 1. The van der Waals surface area contributed by atoms with Gasteiger partial charge in [0, 0.05) is 28.2 Å². The van der Waals surface area contributed by atoms with Crippen LogP contribution in [-0.4, -0.2) is 4.98 Å². The first-order valence-electron chi connectivity index (χ1n) is 5.66. The zero-order valence-corrected chi connectivity index (χ0v) is 11.8. The molecule has 1 heterocycles. The topological polar surface area (TPSA) is 24.9 Å². The van der Waals surface area contributed by atoms with Gasteiger partial charge in [-0.1, -0.05) is 17.7 Å². The summed E-state index contributed by atoms with van der Waals surface area (Å²) in [6.07, 6.45) is 1.85. The fourth-order valence-corrected chi connectivity index (χ4v) is 2.55. The monoisotopic (exact) mass is 284 g/mol. The molecule has 1 atom stereocenters. The Kier molecular flexibility index (Phi) is 4.32. The van der Waals surface area contributed by atoms with Gasteiger partial charge >= 0.3 is 0 Å². The highest BCUT2D eigenvalue weighted by molar-refractivity contribution is 7.11. The van der Waals surface area contributed by atoms with Crippen LogP contribution in [-0.2, 0) is 6.54 Å². The van der Waals surface area contributed by atoms with Crippen LogP contribution >= 0.6 is 22.9 Å². The summed E-state index contributed by atoms with van der Waals surface area (Å²) in [5.41, 5.74) is 0.611. The predicted octanol–water partition coefficient (Wildman–Crippen LogP) is 4.09. The fourth-order valence-electron chi connectivity index (χ4n) is 1.59. The molecular formula is C13H14ClFN2S. The summed E-state index contributed by atoms with van der Waals surface area (Å²) in [6, 6.07) is 4.83.